The van der Waals surface area contributed by atoms with Gasteiger partial charge in [0.15, 0.2) is 0 Å². The molecule has 38 heavy (non-hydrogen) atoms. The molecule has 0 radical (unpaired) electrons. The SMILES string of the molecule is CC(S)CCCCC(CCSSCC(NC(=O)C(C)(C)S)C(=O)O)SSCC(NC(=O)C(C)(C)S)C(=O)O. The van der Waals surface area contributed by atoms with E-state index in [1.54, 1.807) is 49.3 Å². The summed E-state index contributed by atoms with van der Waals surface area (Å²) >= 11 is 12.8. The monoisotopic (exact) mass is 666 g/mol. The molecule has 2 amide bonds. The van der Waals surface area contributed by atoms with Gasteiger partial charge in [0.2, 0.25) is 11.8 Å². The van der Waals surface area contributed by atoms with Crippen molar-refractivity contribution in [3.63, 3.8) is 0 Å². The molecule has 0 saturated heterocycles. The van der Waals surface area contributed by atoms with Gasteiger partial charge in [-0.1, -0.05) is 62.9 Å². The third kappa shape index (κ3) is 18.6. The largest absolute Gasteiger partial charge is 0.480 e. The van der Waals surface area contributed by atoms with Gasteiger partial charge in [-0.05, 0) is 52.2 Å². The van der Waals surface area contributed by atoms with E-state index < -0.39 is 45.3 Å². The first-order valence-electron chi connectivity index (χ1n) is 12.2. The summed E-state index contributed by atoms with van der Waals surface area (Å²) in [6.45, 7) is 8.49. The van der Waals surface area contributed by atoms with Crippen molar-refractivity contribution in [2.45, 2.75) is 98.8 Å². The normalized spacial score (nSPS) is 15.3. The maximum Gasteiger partial charge on any atom is 0.327 e. The molecule has 0 fully saturated rings. The number of carboxylic acids is 2. The van der Waals surface area contributed by atoms with Gasteiger partial charge in [0.1, 0.15) is 12.1 Å². The van der Waals surface area contributed by atoms with Crippen LogP contribution in [0.15, 0.2) is 0 Å². The number of unbranched alkanes of at least 4 members (excludes halogenated alkanes) is 1. The van der Waals surface area contributed by atoms with Crippen LogP contribution in [0.25, 0.3) is 0 Å². The second kappa shape index (κ2) is 19.5. The first-order valence-corrected chi connectivity index (χ1v) is 18.5. The van der Waals surface area contributed by atoms with Crippen LogP contribution in [-0.4, -0.2) is 83.3 Å². The third-order valence-electron chi connectivity index (χ3n) is 5.00. The molecule has 0 aromatic carbocycles. The predicted molar refractivity (Wildman–Crippen MR) is 176 cm³/mol. The van der Waals surface area contributed by atoms with E-state index in [2.05, 4.69) is 55.4 Å². The molecule has 0 aliphatic carbocycles. The van der Waals surface area contributed by atoms with E-state index in [0.29, 0.717) is 5.25 Å². The summed E-state index contributed by atoms with van der Waals surface area (Å²) in [5.74, 6) is -1.82. The molecule has 222 valence electrons. The molecule has 4 unspecified atom stereocenters. The first-order chi connectivity index (χ1) is 17.4. The minimum atomic E-state index is -1.09. The van der Waals surface area contributed by atoms with Crippen molar-refractivity contribution in [2.75, 3.05) is 17.3 Å². The molecule has 15 heteroatoms. The van der Waals surface area contributed by atoms with E-state index in [4.69, 9.17) is 0 Å². The van der Waals surface area contributed by atoms with Gasteiger partial charge in [0.25, 0.3) is 0 Å². The number of carbonyl (C=O) groups is 4. The lowest BCUT2D eigenvalue weighted by Gasteiger charge is -2.22. The molecule has 0 spiro atoms. The minimum Gasteiger partial charge on any atom is -0.480 e. The Labute approximate surface area is 259 Å². The van der Waals surface area contributed by atoms with Crippen LogP contribution < -0.4 is 10.6 Å². The van der Waals surface area contributed by atoms with Gasteiger partial charge < -0.3 is 20.8 Å². The first kappa shape index (κ1) is 38.3. The highest BCUT2D eigenvalue weighted by atomic mass is 33.1. The summed E-state index contributed by atoms with van der Waals surface area (Å²) in [5.41, 5.74) is 0. The van der Waals surface area contributed by atoms with Crippen LogP contribution in [0.2, 0.25) is 0 Å². The zero-order valence-corrected chi connectivity index (χ0v) is 28.4. The average molecular weight is 667 g/mol. The number of nitrogens with one attached hydrogen (secondary N) is 2. The summed E-state index contributed by atoms with van der Waals surface area (Å²) in [6.07, 6.45) is 4.92. The summed E-state index contributed by atoms with van der Waals surface area (Å²) in [4.78, 5) is 47.4. The Morgan fingerprint density at radius 3 is 1.63 bits per heavy atom. The molecule has 4 N–H and O–H groups in total. The van der Waals surface area contributed by atoms with Crippen molar-refractivity contribution in [3.8, 4) is 0 Å². The number of rotatable bonds is 21. The maximum absolute atomic E-state index is 12.2. The third-order valence-corrected chi connectivity index (χ3v) is 11.1. The fourth-order valence-electron chi connectivity index (χ4n) is 2.63. The van der Waals surface area contributed by atoms with Crippen LogP contribution in [0.3, 0.4) is 0 Å². The van der Waals surface area contributed by atoms with E-state index in [0.717, 1.165) is 37.9 Å². The number of hydrogen-bond acceptors (Lipinski definition) is 11. The van der Waals surface area contributed by atoms with Crippen molar-refractivity contribution in [1.82, 2.24) is 10.6 Å². The van der Waals surface area contributed by atoms with Crippen LogP contribution in [0, 0.1) is 0 Å². The smallest absolute Gasteiger partial charge is 0.327 e. The lowest BCUT2D eigenvalue weighted by molar-refractivity contribution is -0.141. The van der Waals surface area contributed by atoms with E-state index in [-0.39, 0.29) is 16.8 Å². The van der Waals surface area contributed by atoms with Crippen LogP contribution in [-0.2, 0) is 19.2 Å². The summed E-state index contributed by atoms with van der Waals surface area (Å²) in [6, 6.07) is -2.01. The summed E-state index contributed by atoms with van der Waals surface area (Å²) in [7, 11) is 6.00. The number of carboxylic acid groups (broad SMARTS) is 2. The quantitative estimate of drug-likeness (QED) is 0.0513. The van der Waals surface area contributed by atoms with E-state index in [9.17, 15) is 29.4 Å². The van der Waals surface area contributed by atoms with Gasteiger partial charge in [-0.2, -0.15) is 37.9 Å². The number of thiol groups is 3. The van der Waals surface area contributed by atoms with Crippen molar-refractivity contribution in [2.24, 2.45) is 0 Å². The molecule has 0 heterocycles. The lowest BCUT2D eigenvalue weighted by atomic mass is 10.1. The Balaban J connectivity index is 4.79. The molecule has 0 aliphatic rings. The number of amides is 2. The predicted octanol–water partition coefficient (Wildman–Crippen LogP) is 4.94. The lowest BCUT2D eigenvalue weighted by Crippen LogP contribution is -2.48. The molecule has 0 aromatic rings. The number of aliphatic carboxylic acids is 2. The van der Waals surface area contributed by atoms with E-state index >= 15 is 0 Å². The van der Waals surface area contributed by atoms with Gasteiger partial charge in [-0.15, -0.1) is 0 Å². The Hall–Kier alpha value is 0.330. The Morgan fingerprint density at radius 2 is 1.21 bits per heavy atom. The van der Waals surface area contributed by atoms with Crippen LogP contribution in [0.1, 0.15) is 66.7 Å². The highest BCUT2D eigenvalue weighted by Crippen LogP contribution is 2.35. The summed E-state index contributed by atoms with van der Waals surface area (Å²) in [5, 5.41) is 24.6. The molecule has 0 aliphatic heterocycles. The van der Waals surface area contributed by atoms with Crippen molar-refractivity contribution in [1.29, 1.82) is 0 Å². The minimum absolute atomic E-state index is 0.225. The van der Waals surface area contributed by atoms with Crippen molar-refractivity contribution in [3.05, 3.63) is 0 Å². The molecule has 4 atom stereocenters. The van der Waals surface area contributed by atoms with Gasteiger partial charge in [0, 0.05) is 22.5 Å². The molecule has 0 saturated carbocycles. The Kier molecular flexibility index (Phi) is 19.6. The number of hydrogen-bond donors (Lipinski definition) is 7. The molecule has 8 nitrogen and oxygen atoms in total. The van der Waals surface area contributed by atoms with Crippen LogP contribution >= 0.6 is 81.1 Å². The second-order valence-electron chi connectivity index (χ2n) is 9.88. The van der Waals surface area contributed by atoms with Crippen molar-refractivity contribution < 1.29 is 29.4 Å². The Bertz CT molecular complexity index is 760. The average Bonchev–Trinajstić information content (AvgIpc) is 2.77. The van der Waals surface area contributed by atoms with Crippen LogP contribution in [0.4, 0.5) is 0 Å². The fraction of sp³-hybridized carbons (Fsp3) is 0.826. The van der Waals surface area contributed by atoms with Gasteiger partial charge in [0.05, 0.1) is 9.49 Å². The van der Waals surface area contributed by atoms with Gasteiger partial charge in [-0.25, -0.2) is 9.59 Å². The summed E-state index contributed by atoms with van der Waals surface area (Å²) < 4.78 is -1.94. The maximum atomic E-state index is 12.2. The highest BCUT2D eigenvalue weighted by molar-refractivity contribution is 8.77. The highest BCUT2D eigenvalue weighted by Gasteiger charge is 2.29. The van der Waals surface area contributed by atoms with Crippen LogP contribution in [0.5, 0.6) is 0 Å². The second-order valence-corrected chi connectivity index (χ2v) is 18.3. The topological polar surface area (TPSA) is 133 Å². The molecule has 0 rings (SSSR count). The van der Waals surface area contributed by atoms with Crippen molar-refractivity contribution >= 4 is 105 Å². The zero-order valence-electron chi connectivity index (χ0n) is 22.5. The van der Waals surface area contributed by atoms with Gasteiger partial charge >= 0.3 is 11.9 Å². The zero-order chi connectivity index (χ0) is 29.5. The number of carbonyl (C=O) groups excluding carboxylic acids is 2. The van der Waals surface area contributed by atoms with E-state index in [1.807, 2.05) is 0 Å². The molecular formula is C23H42N2O6S7. The van der Waals surface area contributed by atoms with E-state index in [1.165, 1.54) is 21.6 Å². The molecule has 0 bridgehead atoms. The standard InChI is InChI=1S/C23H42N2O6S7/c1-14(32)8-6-7-9-15(38-37-13-17(19(28)29)25-21(31)23(4,5)34)10-11-35-36-12-16(18(26)27)24-20(30)22(2,3)33/h14-17,32-34H,6-13H2,1-5H3,(H,24,30)(H,25,31)(H,26,27)(H,28,29). The van der Waals surface area contributed by atoms with Gasteiger partial charge in [-0.3, -0.25) is 9.59 Å². The molecule has 0 aromatic heterocycles. The Morgan fingerprint density at radius 1 is 0.763 bits per heavy atom. The molecular weight excluding hydrogens is 625 g/mol. The fourth-order valence-corrected chi connectivity index (χ4v) is 8.30.